The van der Waals surface area contributed by atoms with Crippen molar-refractivity contribution in [1.29, 1.82) is 0 Å². The van der Waals surface area contributed by atoms with Crippen molar-refractivity contribution in [3.05, 3.63) is 29.8 Å². The van der Waals surface area contributed by atoms with Crippen molar-refractivity contribution in [3.63, 3.8) is 0 Å². The molecule has 0 amide bonds. The lowest BCUT2D eigenvalue weighted by Crippen LogP contribution is -2.38. The number of hydrogen-bond acceptors (Lipinski definition) is 4. The third-order valence-corrected chi connectivity index (χ3v) is 3.43. The van der Waals surface area contributed by atoms with Crippen LogP contribution in [0.25, 0.3) is 0 Å². The van der Waals surface area contributed by atoms with E-state index in [2.05, 4.69) is 42.5 Å². The first kappa shape index (κ1) is 25.9. The first-order valence-corrected chi connectivity index (χ1v) is 9.46. The molecule has 1 rings (SSSR count). The molecule has 0 radical (unpaired) electrons. The van der Waals surface area contributed by atoms with Gasteiger partial charge in [-0.3, -0.25) is 0 Å². The number of guanidine groups is 1. The fourth-order valence-electron chi connectivity index (χ4n) is 2.19. The summed E-state index contributed by atoms with van der Waals surface area (Å²) in [5.41, 5.74) is 1.11. The van der Waals surface area contributed by atoms with E-state index in [1.807, 2.05) is 18.2 Å². The second kappa shape index (κ2) is 17.1. The van der Waals surface area contributed by atoms with Crippen LogP contribution in [0.3, 0.4) is 0 Å². The van der Waals surface area contributed by atoms with Gasteiger partial charge in [-0.05, 0) is 37.0 Å². The maximum Gasteiger partial charge on any atom is 0.191 e. The molecule has 0 saturated carbocycles. The number of benzene rings is 1. The van der Waals surface area contributed by atoms with Crippen LogP contribution in [-0.2, 0) is 16.0 Å². The topological polar surface area (TPSA) is 64.1 Å². The average molecular weight is 493 g/mol. The fourth-order valence-corrected chi connectivity index (χ4v) is 2.19. The van der Waals surface area contributed by atoms with E-state index in [-0.39, 0.29) is 24.0 Å². The molecule has 0 aliphatic rings. The standard InChI is InChI=1S/C20H35N3O3.HI/c1-5-21-20(22-10-7-11-25-16-17(2)3)23-15-18-8-6-9-19(14-18)26-13-12-24-4;/h6,8-9,14,17H,5,7,10-13,15-16H2,1-4H3,(H2,21,22,23);1H. The Morgan fingerprint density at radius 3 is 2.67 bits per heavy atom. The summed E-state index contributed by atoms with van der Waals surface area (Å²) in [5.74, 6) is 2.24. The van der Waals surface area contributed by atoms with Crippen LogP contribution in [0.4, 0.5) is 0 Å². The number of nitrogens with one attached hydrogen (secondary N) is 2. The van der Waals surface area contributed by atoms with Crippen LogP contribution in [0, 0.1) is 5.92 Å². The Morgan fingerprint density at radius 1 is 1.15 bits per heavy atom. The molecule has 27 heavy (non-hydrogen) atoms. The van der Waals surface area contributed by atoms with Gasteiger partial charge in [-0.1, -0.05) is 26.0 Å². The SMILES string of the molecule is CCNC(=NCc1cccc(OCCOC)c1)NCCCOCC(C)C.I. The van der Waals surface area contributed by atoms with Crippen LogP contribution < -0.4 is 15.4 Å². The van der Waals surface area contributed by atoms with Crippen LogP contribution >= 0.6 is 24.0 Å². The van der Waals surface area contributed by atoms with Crippen LogP contribution in [0.1, 0.15) is 32.8 Å². The fraction of sp³-hybridized carbons (Fsp3) is 0.650. The molecule has 7 heteroatoms. The van der Waals surface area contributed by atoms with Crippen molar-refractivity contribution >= 4 is 29.9 Å². The lowest BCUT2D eigenvalue weighted by Gasteiger charge is -2.12. The molecule has 0 unspecified atom stereocenters. The molecular weight excluding hydrogens is 457 g/mol. The molecule has 0 spiro atoms. The van der Waals surface area contributed by atoms with Crippen molar-refractivity contribution in [2.24, 2.45) is 10.9 Å². The minimum Gasteiger partial charge on any atom is -0.491 e. The molecule has 0 atom stereocenters. The molecule has 0 aliphatic heterocycles. The summed E-state index contributed by atoms with van der Waals surface area (Å²) in [6.45, 7) is 11.4. The van der Waals surface area contributed by atoms with Gasteiger partial charge >= 0.3 is 0 Å². The molecule has 0 fully saturated rings. The van der Waals surface area contributed by atoms with Gasteiger partial charge in [0, 0.05) is 33.4 Å². The van der Waals surface area contributed by atoms with E-state index in [9.17, 15) is 0 Å². The molecule has 1 aromatic rings. The van der Waals surface area contributed by atoms with Crippen molar-refractivity contribution in [1.82, 2.24) is 10.6 Å². The first-order valence-electron chi connectivity index (χ1n) is 9.46. The summed E-state index contributed by atoms with van der Waals surface area (Å²) in [6.07, 6.45) is 0.958. The van der Waals surface area contributed by atoms with Crippen LogP contribution in [0.5, 0.6) is 5.75 Å². The van der Waals surface area contributed by atoms with E-state index < -0.39 is 0 Å². The summed E-state index contributed by atoms with van der Waals surface area (Å²) >= 11 is 0. The first-order chi connectivity index (χ1) is 12.7. The van der Waals surface area contributed by atoms with Gasteiger partial charge in [0.15, 0.2) is 5.96 Å². The third kappa shape index (κ3) is 13.7. The third-order valence-electron chi connectivity index (χ3n) is 3.43. The Labute approximate surface area is 181 Å². The van der Waals surface area contributed by atoms with Crippen LogP contribution in [0.2, 0.25) is 0 Å². The molecule has 6 nitrogen and oxygen atoms in total. The molecule has 0 bridgehead atoms. The number of hydrogen-bond donors (Lipinski definition) is 2. The lowest BCUT2D eigenvalue weighted by molar-refractivity contribution is 0.108. The summed E-state index contributed by atoms with van der Waals surface area (Å²) < 4.78 is 16.2. The van der Waals surface area contributed by atoms with Gasteiger partial charge in [0.25, 0.3) is 0 Å². The number of rotatable bonds is 13. The average Bonchev–Trinajstić information content (AvgIpc) is 2.63. The molecule has 0 heterocycles. The minimum atomic E-state index is 0. The second-order valence-corrected chi connectivity index (χ2v) is 6.43. The normalized spacial score (nSPS) is 11.2. The van der Waals surface area contributed by atoms with Crippen LogP contribution in [-0.4, -0.2) is 52.6 Å². The van der Waals surface area contributed by atoms with E-state index in [1.54, 1.807) is 7.11 Å². The number of ether oxygens (including phenoxy) is 3. The molecule has 156 valence electrons. The largest absolute Gasteiger partial charge is 0.491 e. The van der Waals surface area contributed by atoms with E-state index >= 15 is 0 Å². The maximum atomic E-state index is 5.64. The zero-order valence-electron chi connectivity index (χ0n) is 17.1. The number of halogens is 1. The predicted molar refractivity (Wildman–Crippen MR) is 122 cm³/mol. The van der Waals surface area contributed by atoms with Crippen molar-refractivity contribution in [3.8, 4) is 5.75 Å². The Bertz CT molecular complexity index is 513. The highest BCUT2D eigenvalue weighted by Gasteiger charge is 2.00. The van der Waals surface area contributed by atoms with Crippen molar-refractivity contribution in [2.75, 3.05) is 46.6 Å². The summed E-state index contributed by atoms with van der Waals surface area (Å²) in [5, 5.41) is 6.62. The summed E-state index contributed by atoms with van der Waals surface area (Å²) in [7, 11) is 1.67. The molecular formula is C20H36IN3O3. The smallest absolute Gasteiger partial charge is 0.191 e. The highest BCUT2D eigenvalue weighted by atomic mass is 127. The second-order valence-electron chi connectivity index (χ2n) is 6.43. The predicted octanol–water partition coefficient (Wildman–Crippen LogP) is 3.45. The lowest BCUT2D eigenvalue weighted by atomic mass is 10.2. The Morgan fingerprint density at radius 2 is 1.96 bits per heavy atom. The van der Waals surface area contributed by atoms with Gasteiger partial charge in [0.1, 0.15) is 12.4 Å². The quantitative estimate of drug-likeness (QED) is 0.191. The van der Waals surface area contributed by atoms with E-state index in [1.165, 1.54) is 0 Å². The number of nitrogens with zero attached hydrogens (tertiary/aromatic N) is 1. The zero-order chi connectivity index (χ0) is 19.0. The van der Waals surface area contributed by atoms with E-state index in [4.69, 9.17) is 14.2 Å². The molecule has 0 aliphatic carbocycles. The molecule has 0 aromatic heterocycles. The van der Waals surface area contributed by atoms with Gasteiger partial charge in [0.2, 0.25) is 0 Å². The zero-order valence-corrected chi connectivity index (χ0v) is 19.5. The molecule has 1 aromatic carbocycles. The highest BCUT2D eigenvalue weighted by molar-refractivity contribution is 14.0. The van der Waals surface area contributed by atoms with E-state index in [0.29, 0.717) is 25.7 Å². The summed E-state index contributed by atoms with van der Waals surface area (Å²) in [6, 6.07) is 8.00. The summed E-state index contributed by atoms with van der Waals surface area (Å²) in [4.78, 5) is 4.64. The van der Waals surface area contributed by atoms with Gasteiger partial charge < -0.3 is 24.8 Å². The van der Waals surface area contributed by atoms with Crippen LogP contribution in [0.15, 0.2) is 29.3 Å². The van der Waals surface area contributed by atoms with E-state index in [0.717, 1.165) is 50.0 Å². The van der Waals surface area contributed by atoms with Gasteiger partial charge in [-0.15, -0.1) is 24.0 Å². The van der Waals surface area contributed by atoms with Gasteiger partial charge in [-0.2, -0.15) is 0 Å². The maximum absolute atomic E-state index is 5.64. The molecule has 0 saturated heterocycles. The molecule has 2 N–H and O–H groups in total. The monoisotopic (exact) mass is 493 g/mol. The Hall–Kier alpha value is -1.06. The number of methoxy groups -OCH3 is 1. The van der Waals surface area contributed by atoms with Gasteiger partial charge in [-0.25, -0.2) is 4.99 Å². The van der Waals surface area contributed by atoms with Crippen molar-refractivity contribution in [2.45, 2.75) is 33.7 Å². The number of aliphatic imine (C=N–C) groups is 1. The Balaban J connectivity index is 0.00000676. The van der Waals surface area contributed by atoms with Gasteiger partial charge in [0.05, 0.1) is 13.2 Å². The highest BCUT2D eigenvalue weighted by Crippen LogP contribution is 2.14. The Kier molecular flexibility index (Phi) is 16.4. The minimum absolute atomic E-state index is 0. The van der Waals surface area contributed by atoms with Crippen molar-refractivity contribution < 1.29 is 14.2 Å².